The van der Waals surface area contributed by atoms with Crippen molar-refractivity contribution < 1.29 is 13.2 Å². The van der Waals surface area contributed by atoms with Crippen molar-refractivity contribution in [2.24, 2.45) is 5.92 Å². The van der Waals surface area contributed by atoms with Crippen LogP contribution in [0.1, 0.15) is 31.2 Å². The van der Waals surface area contributed by atoms with Crippen LogP contribution in [0.5, 0.6) is 0 Å². The fourth-order valence-corrected chi connectivity index (χ4v) is 4.43. The Balaban J connectivity index is 2.17. The van der Waals surface area contributed by atoms with Gasteiger partial charge in [-0.05, 0) is 31.9 Å². The molecule has 0 unspecified atom stereocenters. The number of rotatable bonds is 6. The van der Waals surface area contributed by atoms with Crippen LogP contribution in [0, 0.1) is 12.8 Å². The molecule has 1 fully saturated rings. The van der Waals surface area contributed by atoms with Crippen molar-refractivity contribution in [2.75, 3.05) is 13.6 Å². The molecule has 0 aromatic heterocycles. The Morgan fingerprint density at radius 1 is 1.29 bits per heavy atom. The van der Waals surface area contributed by atoms with Gasteiger partial charge in [0.1, 0.15) is 0 Å². The summed E-state index contributed by atoms with van der Waals surface area (Å²) >= 11 is 0. The van der Waals surface area contributed by atoms with Gasteiger partial charge >= 0.3 is 0 Å². The summed E-state index contributed by atoms with van der Waals surface area (Å²) in [6.07, 6.45) is 4.94. The summed E-state index contributed by atoms with van der Waals surface area (Å²) in [7, 11) is -1.90. The Morgan fingerprint density at radius 3 is 2.54 bits per heavy atom. The van der Waals surface area contributed by atoms with Crippen molar-refractivity contribution in [1.82, 2.24) is 9.62 Å². The second-order valence-electron chi connectivity index (χ2n) is 6.44. The number of hydrogen-bond acceptors (Lipinski definition) is 3. The Morgan fingerprint density at radius 2 is 1.92 bits per heavy atom. The number of nitrogens with zero attached hydrogens (tertiary/aromatic N) is 1. The highest BCUT2D eigenvalue weighted by atomic mass is 32.2. The molecule has 0 radical (unpaired) electrons. The molecule has 2 atom stereocenters. The largest absolute Gasteiger partial charge is 0.342 e. The van der Waals surface area contributed by atoms with Crippen LogP contribution in [0.2, 0.25) is 0 Å². The smallest absolute Gasteiger partial charge is 0.240 e. The van der Waals surface area contributed by atoms with Crippen molar-refractivity contribution in [3.63, 3.8) is 0 Å². The van der Waals surface area contributed by atoms with Gasteiger partial charge in [-0.1, -0.05) is 36.6 Å². The summed E-state index contributed by atoms with van der Waals surface area (Å²) in [4.78, 5) is 14.5. The van der Waals surface area contributed by atoms with Gasteiger partial charge in [-0.2, -0.15) is 0 Å². The molecule has 1 aromatic rings. The summed E-state index contributed by atoms with van der Waals surface area (Å²) in [6, 6.07) is 6.39. The highest BCUT2D eigenvalue weighted by Crippen LogP contribution is 2.27. The van der Waals surface area contributed by atoms with E-state index >= 15 is 0 Å². The zero-order valence-electron chi connectivity index (χ0n) is 14.4. The summed E-state index contributed by atoms with van der Waals surface area (Å²) < 4.78 is 28.0. The fraction of sp³-hybridized carbons (Fsp3) is 0.500. The number of carbonyl (C=O) groups excluding carboxylic acids is 1. The number of aryl methyl sites for hydroxylation is 1. The molecule has 2 rings (SSSR count). The van der Waals surface area contributed by atoms with E-state index in [1.807, 2.05) is 6.92 Å². The fourth-order valence-electron chi connectivity index (χ4n) is 3.12. The van der Waals surface area contributed by atoms with E-state index in [0.29, 0.717) is 19.4 Å². The lowest BCUT2D eigenvalue weighted by Crippen LogP contribution is -2.48. The first-order chi connectivity index (χ1) is 11.3. The molecule has 24 heavy (non-hydrogen) atoms. The van der Waals surface area contributed by atoms with Gasteiger partial charge in [-0.25, -0.2) is 13.1 Å². The monoisotopic (exact) mass is 350 g/mol. The van der Waals surface area contributed by atoms with Crippen LogP contribution < -0.4 is 4.72 Å². The van der Waals surface area contributed by atoms with E-state index in [1.165, 1.54) is 0 Å². The topological polar surface area (TPSA) is 66.5 Å². The SMILES string of the molecule is C=CCN(C)C(=O)[C@H]1CCCC[C@@H]1NS(=O)(=O)c1ccc(C)cc1. The third kappa shape index (κ3) is 4.45. The Hall–Kier alpha value is -1.66. The summed E-state index contributed by atoms with van der Waals surface area (Å²) in [5.41, 5.74) is 1.01. The number of sulfonamides is 1. The number of hydrogen-bond donors (Lipinski definition) is 1. The van der Waals surface area contributed by atoms with Gasteiger partial charge in [0.05, 0.1) is 10.8 Å². The Kier molecular flexibility index (Phi) is 6.18. The number of carbonyl (C=O) groups is 1. The first-order valence-electron chi connectivity index (χ1n) is 8.30. The molecule has 6 heteroatoms. The number of amides is 1. The average Bonchev–Trinajstić information content (AvgIpc) is 2.55. The molecule has 1 amide bonds. The number of benzene rings is 1. The van der Waals surface area contributed by atoms with E-state index in [9.17, 15) is 13.2 Å². The predicted octanol–water partition coefficient (Wildman–Crippen LogP) is 2.48. The van der Waals surface area contributed by atoms with Crippen LogP contribution in [0.25, 0.3) is 0 Å². The minimum atomic E-state index is -3.62. The molecule has 0 aliphatic heterocycles. The highest BCUT2D eigenvalue weighted by Gasteiger charge is 2.35. The second kappa shape index (κ2) is 7.94. The van der Waals surface area contributed by atoms with Crippen LogP contribution in [-0.4, -0.2) is 38.9 Å². The molecule has 1 N–H and O–H groups in total. The van der Waals surface area contributed by atoms with Crippen molar-refractivity contribution >= 4 is 15.9 Å². The lowest BCUT2D eigenvalue weighted by Gasteiger charge is -2.33. The van der Waals surface area contributed by atoms with E-state index in [-0.39, 0.29) is 22.8 Å². The molecule has 0 heterocycles. The van der Waals surface area contributed by atoms with Crippen LogP contribution >= 0.6 is 0 Å². The number of nitrogens with one attached hydrogen (secondary N) is 1. The maximum Gasteiger partial charge on any atom is 0.240 e. The van der Waals surface area contributed by atoms with Gasteiger partial charge in [-0.15, -0.1) is 6.58 Å². The maximum absolute atomic E-state index is 12.6. The van der Waals surface area contributed by atoms with Crippen LogP contribution in [0.15, 0.2) is 41.8 Å². The van der Waals surface area contributed by atoms with E-state index < -0.39 is 10.0 Å². The van der Waals surface area contributed by atoms with E-state index in [1.54, 1.807) is 42.3 Å². The first-order valence-corrected chi connectivity index (χ1v) is 9.78. The standard InChI is InChI=1S/C18H26N2O3S/c1-4-13-20(3)18(21)16-7-5-6-8-17(16)19-24(22,23)15-11-9-14(2)10-12-15/h4,9-12,16-17,19H,1,5-8,13H2,2-3H3/t16-,17-/m0/s1. The molecular formula is C18H26N2O3S. The molecule has 0 saturated heterocycles. The highest BCUT2D eigenvalue weighted by molar-refractivity contribution is 7.89. The summed E-state index contributed by atoms with van der Waals surface area (Å²) in [6.45, 7) is 6.02. The quantitative estimate of drug-likeness (QED) is 0.802. The molecule has 1 aliphatic rings. The molecule has 132 valence electrons. The van der Waals surface area contributed by atoms with Gasteiger partial charge in [0.15, 0.2) is 0 Å². The zero-order valence-corrected chi connectivity index (χ0v) is 15.2. The molecule has 0 spiro atoms. The third-order valence-electron chi connectivity index (χ3n) is 4.50. The van der Waals surface area contributed by atoms with Gasteiger partial charge in [-0.3, -0.25) is 4.79 Å². The van der Waals surface area contributed by atoms with E-state index in [0.717, 1.165) is 18.4 Å². The Labute approximate surface area is 144 Å². The zero-order chi connectivity index (χ0) is 17.7. The molecule has 5 nitrogen and oxygen atoms in total. The van der Waals surface area contributed by atoms with Crippen LogP contribution in [0.4, 0.5) is 0 Å². The van der Waals surface area contributed by atoms with Crippen molar-refractivity contribution in [3.8, 4) is 0 Å². The Bertz CT molecular complexity index is 683. The molecule has 1 aromatic carbocycles. The van der Waals surface area contributed by atoms with Gasteiger partial charge in [0.2, 0.25) is 15.9 Å². The molecular weight excluding hydrogens is 324 g/mol. The summed E-state index contributed by atoms with van der Waals surface area (Å²) in [5.74, 6) is -0.338. The predicted molar refractivity (Wildman–Crippen MR) is 95.1 cm³/mol. The average molecular weight is 350 g/mol. The first kappa shape index (κ1) is 18.7. The number of likely N-dealkylation sites (N-methyl/N-ethyl adjacent to an activating group) is 1. The van der Waals surface area contributed by atoms with E-state index in [4.69, 9.17) is 0 Å². The van der Waals surface area contributed by atoms with Gasteiger partial charge < -0.3 is 4.90 Å². The minimum Gasteiger partial charge on any atom is -0.342 e. The molecule has 1 saturated carbocycles. The lowest BCUT2D eigenvalue weighted by atomic mass is 9.84. The van der Waals surface area contributed by atoms with Gasteiger partial charge in [0, 0.05) is 19.6 Å². The lowest BCUT2D eigenvalue weighted by molar-refractivity contribution is -0.135. The van der Waals surface area contributed by atoms with Crippen molar-refractivity contribution in [2.45, 2.75) is 43.5 Å². The second-order valence-corrected chi connectivity index (χ2v) is 8.15. The van der Waals surface area contributed by atoms with Crippen molar-refractivity contribution in [3.05, 3.63) is 42.5 Å². The molecule has 0 bridgehead atoms. The summed E-state index contributed by atoms with van der Waals surface area (Å²) in [5, 5.41) is 0. The van der Waals surface area contributed by atoms with Crippen LogP contribution in [-0.2, 0) is 14.8 Å². The molecule has 1 aliphatic carbocycles. The van der Waals surface area contributed by atoms with Gasteiger partial charge in [0.25, 0.3) is 0 Å². The minimum absolute atomic E-state index is 0.0220. The maximum atomic E-state index is 12.6. The third-order valence-corrected chi connectivity index (χ3v) is 6.01. The van der Waals surface area contributed by atoms with Crippen LogP contribution in [0.3, 0.4) is 0 Å². The van der Waals surface area contributed by atoms with E-state index in [2.05, 4.69) is 11.3 Å². The normalized spacial score (nSPS) is 21.2. The van der Waals surface area contributed by atoms with Crippen molar-refractivity contribution in [1.29, 1.82) is 0 Å².